The second kappa shape index (κ2) is 12.4. The van der Waals surface area contributed by atoms with Gasteiger partial charge in [0.1, 0.15) is 24.4 Å². The fourth-order valence-electron chi connectivity index (χ4n) is 4.10. The molecule has 1 saturated heterocycles. The van der Waals surface area contributed by atoms with Crippen LogP contribution in [0.3, 0.4) is 0 Å². The summed E-state index contributed by atoms with van der Waals surface area (Å²) < 4.78 is 24.0. The van der Waals surface area contributed by atoms with Crippen molar-refractivity contribution < 1.29 is 34.3 Å². The highest BCUT2D eigenvalue weighted by molar-refractivity contribution is 5.15. The summed E-state index contributed by atoms with van der Waals surface area (Å²) in [5.41, 5.74) is 2.83. The zero-order valence-corrected chi connectivity index (χ0v) is 19.5. The summed E-state index contributed by atoms with van der Waals surface area (Å²) in [4.78, 5) is 0. The molecule has 3 N–H and O–H groups in total. The number of hydrogen-bond acceptors (Lipinski definition) is 7. The lowest BCUT2D eigenvalue weighted by Gasteiger charge is -2.48. The molecule has 0 amide bonds. The molecule has 3 aromatic carbocycles. The molecule has 1 aliphatic heterocycles. The molecule has 186 valence electrons. The maximum absolute atomic E-state index is 11.0. The van der Waals surface area contributed by atoms with Crippen molar-refractivity contribution in [1.82, 2.24) is 0 Å². The maximum atomic E-state index is 11.0. The van der Waals surface area contributed by atoms with Crippen LogP contribution in [0.15, 0.2) is 91.0 Å². The molecule has 0 aromatic heterocycles. The number of aliphatic hydroxyl groups is 3. The van der Waals surface area contributed by atoms with E-state index in [0.717, 1.165) is 16.7 Å². The lowest BCUT2D eigenvalue weighted by atomic mass is 9.92. The van der Waals surface area contributed by atoms with E-state index >= 15 is 0 Å². The third-order valence-electron chi connectivity index (χ3n) is 6.01. The standard InChI is InChI=1S/C28H32O7/c29-20-28(31)27(30)26(34-18-23-14-8-3-9-15-23)25(33-17-22-12-6-2-7-13-22)24(35-28)19-32-16-21-10-4-1-5-11-21/h1-15,24-27,29-31H,16-20H2/t24-,25-,26+,27+,28+/m1/s1. The van der Waals surface area contributed by atoms with Crippen LogP contribution >= 0.6 is 0 Å². The molecule has 1 aliphatic rings. The molecule has 0 unspecified atom stereocenters. The Labute approximate surface area is 205 Å². The van der Waals surface area contributed by atoms with E-state index in [1.165, 1.54) is 0 Å². The largest absolute Gasteiger partial charge is 0.391 e. The van der Waals surface area contributed by atoms with E-state index in [0.29, 0.717) is 6.61 Å². The number of rotatable bonds is 11. The van der Waals surface area contributed by atoms with Crippen LogP contribution in [0.1, 0.15) is 16.7 Å². The number of aliphatic hydroxyl groups excluding tert-OH is 2. The molecule has 7 nitrogen and oxygen atoms in total. The van der Waals surface area contributed by atoms with Gasteiger partial charge in [0.25, 0.3) is 0 Å². The van der Waals surface area contributed by atoms with Crippen molar-refractivity contribution >= 4 is 0 Å². The summed E-state index contributed by atoms with van der Waals surface area (Å²) in [6, 6.07) is 28.8. The second-order valence-electron chi connectivity index (χ2n) is 8.63. The van der Waals surface area contributed by atoms with Crippen molar-refractivity contribution in [2.24, 2.45) is 0 Å². The van der Waals surface area contributed by atoms with Gasteiger partial charge in [0, 0.05) is 0 Å². The quantitative estimate of drug-likeness (QED) is 0.388. The molecule has 0 bridgehead atoms. The molecule has 4 rings (SSSR count). The van der Waals surface area contributed by atoms with Crippen LogP contribution in [0.2, 0.25) is 0 Å². The van der Waals surface area contributed by atoms with E-state index < -0.39 is 36.8 Å². The highest BCUT2D eigenvalue weighted by Gasteiger charge is 2.54. The van der Waals surface area contributed by atoms with Crippen LogP contribution in [-0.2, 0) is 38.8 Å². The Kier molecular flexibility index (Phi) is 9.01. The summed E-state index contributed by atoms with van der Waals surface area (Å²) in [6.45, 7) is 0.0304. The van der Waals surface area contributed by atoms with Gasteiger partial charge in [-0.15, -0.1) is 0 Å². The summed E-state index contributed by atoms with van der Waals surface area (Å²) in [6.07, 6.45) is -4.09. The van der Waals surface area contributed by atoms with E-state index in [2.05, 4.69) is 0 Å². The monoisotopic (exact) mass is 480 g/mol. The van der Waals surface area contributed by atoms with Crippen molar-refractivity contribution in [3.63, 3.8) is 0 Å². The molecule has 7 heteroatoms. The molecule has 1 heterocycles. The molecule has 35 heavy (non-hydrogen) atoms. The molecule has 1 fully saturated rings. The highest BCUT2D eigenvalue weighted by Crippen LogP contribution is 2.33. The van der Waals surface area contributed by atoms with Gasteiger partial charge in [0.15, 0.2) is 0 Å². The smallest absolute Gasteiger partial charge is 0.219 e. The Balaban J connectivity index is 1.53. The predicted octanol–water partition coefficient (Wildman–Crippen LogP) is 2.81. The van der Waals surface area contributed by atoms with Gasteiger partial charge in [0.2, 0.25) is 5.79 Å². The number of hydrogen-bond donors (Lipinski definition) is 3. The molecule has 0 spiro atoms. The summed E-state index contributed by atoms with van der Waals surface area (Å²) in [5, 5.41) is 31.7. The second-order valence-corrected chi connectivity index (χ2v) is 8.63. The zero-order valence-electron chi connectivity index (χ0n) is 19.5. The Morgan fingerprint density at radius 1 is 0.686 bits per heavy atom. The Morgan fingerprint density at radius 3 is 1.63 bits per heavy atom. The number of ether oxygens (including phenoxy) is 4. The van der Waals surface area contributed by atoms with Crippen LogP contribution in [-0.4, -0.2) is 58.7 Å². The maximum Gasteiger partial charge on any atom is 0.219 e. The summed E-state index contributed by atoms with van der Waals surface area (Å²) >= 11 is 0. The Bertz CT molecular complexity index is 1000. The lowest BCUT2D eigenvalue weighted by molar-refractivity contribution is -0.369. The van der Waals surface area contributed by atoms with Crippen molar-refractivity contribution in [1.29, 1.82) is 0 Å². The average Bonchev–Trinajstić information content (AvgIpc) is 2.91. The zero-order chi connectivity index (χ0) is 24.5. The summed E-state index contributed by atoms with van der Waals surface area (Å²) in [7, 11) is 0. The average molecular weight is 481 g/mol. The molecule has 5 atom stereocenters. The fourth-order valence-corrected chi connectivity index (χ4v) is 4.10. The van der Waals surface area contributed by atoms with E-state index in [1.54, 1.807) is 0 Å². The van der Waals surface area contributed by atoms with Crippen LogP contribution in [0.25, 0.3) is 0 Å². The minimum atomic E-state index is -2.21. The van der Waals surface area contributed by atoms with E-state index in [-0.39, 0.29) is 19.8 Å². The van der Waals surface area contributed by atoms with Crippen LogP contribution in [0.5, 0.6) is 0 Å². The third-order valence-corrected chi connectivity index (χ3v) is 6.01. The first-order valence-electron chi connectivity index (χ1n) is 11.7. The van der Waals surface area contributed by atoms with Gasteiger partial charge in [-0.25, -0.2) is 0 Å². The van der Waals surface area contributed by atoms with Gasteiger partial charge in [-0.1, -0.05) is 91.0 Å². The minimum absolute atomic E-state index is 0.0641. The molecule has 0 aliphatic carbocycles. The predicted molar refractivity (Wildman–Crippen MR) is 129 cm³/mol. The van der Waals surface area contributed by atoms with Crippen molar-refractivity contribution in [2.75, 3.05) is 13.2 Å². The van der Waals surface area contributed by atoms with Gasteiger partial charge in [-0.05, 0) is 16.7 Å². The van der Waals surface area contributed by atoms with Crippen molar-refractivity contribution in [2.45, 2.75) is 50.0 Å². The van der Waals surface area contributed by atoms with Crippen LogP contribution in [0.4, 0.5) is 0 Å². The lowest BCUT2D eigenvalue weighted by Crippen LogP contribution is -2.67. The van der Waals surface area contributed by atoms with Gasteiger partial charge in [-0.3, -0.25) is 0 Å². The molecular weight excluding hydrogens is 448 g/mol. The van der Waals surface area contributed by atoms with Crippen LogP contribution in [0, 0.1) is 0 Å². The fraction of sp³-hybridized carbons (Fsp3) is 0.357. The highest BCUT2D eigenvalue weighted by atomic mass is 16.7. The molecule has 0 radical (unpaired) electrons. The first-order valence-corrected chi connectivity index (χ1v) is 11.7. The topological polar surface area (TPSA) is 97.6 Å². The van der Waals surface area contributed by atoms with Gasteiger partial charge >= 0.3 is 0 Å². The SMILES string of the molecule is OC[C@]1(O)O[C@H](COCc2ccccc2)[C@@H](OCc2ccccc2)[C@H](OCc2ccccc2)[C@@H]1O. The van der Waals surface area contributed by atoms with Crippen molar-refractivity contribution in [3.8, 4) is 0 Å². The summed E-state index contributed by atoms with van der Waals surface area (Å²) in [5.74, 6) is -2.21. The van der Waals surface area contributed by atoms with Gasteiger partial charge < -0.3 is 34.3 Å². The Morgan fingerprint density at radius 2 is 1.14 bits per heavy atom. The molecule has 3 aromatic rings. The molecular formula is C28H32O7. The normalized spacial score (nSPS) is 26.5. The van der Waals surface area contributed by atoms with E-state index in [1.807, 2.05) is 91.0 Å². The van der Waals surface area contributed by atoms with Crippen LogP contribution < -0.4 is 0 Å². The Hall–Kier alpha value is -2.62. The minimum Gasteiger partial charge on any atom is -0.391 e. The van der Waals surface area contributed by atoms with Gasteiger partial charge in [0.05, 0.1) is 33.0 Å². The number of benzene rings is 3. The van der Waals surface area contributed by atoms with Crippen molar-refractivity contribution in [3.05, 3.63) is 108 Å². The van der Waals surface area contributed by atoms with Gasteiger partial charge in [-0.2, -0.15) is 0 Å². The molecule has 0 saturated carbocycles. The van der Waals surface area contributed by atoms with E-state index in [9.17, 15) is 15.3 Å². The third kappa shape index (κ3) is 6.74. The first-order chi connectivity index (χ1) is 17.1. The first kappa shape index (κ1) is 25.5. The van der Waals surface area contributed by atoms with E-state index in [4.69, 9.17) is 18.9 Å².